The highest BCUT2D eigenvalue weighted by atomic mass is 14.9. The second-order valence-electron chi connectivity index (χ2n) is 14.7. The van der Waals surface area contributed by atoms with Gasteiger partial charge in [0, 0.05) is 36.3 Å². The van der Waals surface area contributed by atoms with E-state index in [9.17, 15) is 0 Å². The van der Waals surface area contributed by atoms with Crippen LogP contribution in [0.5, 0.6) is 0 Å². The standard InChI is InChI=1S/C47H47N/c1-2-31-25-27-44(38-19-6-5-17-36(31)38)47-42-22-9-7-20-40(42)46(41-21-8-10-23-43(41)47)34-16-11-15-33(29-34)35-26-28-45(48-30-35)39-24-12-14-32-13-3-4-18-37(32)39/h4-10,12,14-15,17-23,26,28-29,35,39-40,42,45,48H,2-3,11,13,16,24-25,27,30H2,1H3. The third kappa shape index (κ3) is 5.10. The summed E-state index contributed by atoms with van der Waals surface area (Å²) in [5.41, 5.74) is 12.4. The first kappa shape index (κ1) is 29.9. The van der Waals surface area contributed by atoms with Gasteiger partial charge in [-0.15, -0.1) is 0 Å². The van der Waals surface area contributed by atoms with Gasteiger partial charge in [0.25, 0.3) is 0 Å². The monoisotopic (exact) mass is 625 g/mol. The zero-order valence-corrected chi connectivity index (χ0v) is 28.3. The highest BCUT2D eigenvalue weighted by Crippen LogP contribution is 2.44. The molecule has 0 bridgehead atoms. The molecule has 7 aliphatic rings. The van der Waals surface area contributed by atoms with E-state index in [4.69, 9.17) is 0 Å². The number of allylic oxidation sites excluding steroid dienone is 12. The Hall–Kier alpha value is -4.20. The molecule has 48 heavy (non-hydrogen) atoms. The molecule has 2 aromatic rings. The van der Waals surface area contributed by atoms with Gasteiger partial charge in [0.1, 0.15) is 0 Å². The molecule has 1 aliphatic heterocycles. The Bertz CT molecular complexity index is 2170. The summed E-state index contributed by atoms with van der Waals surface area (Å²) in [6.07, 6.45) is 38.4. The molecule has 2 aromatic carbocycles. The summed E-state index contributed by atoms with van der Waals surface area (Å²) in [7, 11) is 0. The molecule has 0 amide bonds. The van der Waals surface area contributed by atoms with E-state index in [0.29, 0.717) is 29.7 Å². The molecular formula is C47H47N. The summed E-state index contributed by atoms with van der Waals surface area (Å²) >= 11 is 0. The van der Waals surface area contributed by atoms with Gasteiger partial charge < -0.3 is 5.32 Å². The minimum atomic E-state index is 0.357. The van der Waals surface area contributed by atoms with Crippen molar-refractivity contribution in [2.45, 2.75) is 64.3 Å². The van der Waals surface area contributed by atoms with Crippen LogP contribution < -0.4 is 26.2 Å². The number of hydrogen-bond acceptors (Lipinski definition) is 1. The SMILES string of the molecule is CCC1=c2ccccc2=C(C2=c3ccccc3=C(C3=CC(C4C=CC(C5CC=CC6=C5C=CCC6)NC4)=CCC3)C3C=CC=CC23)CC1. The van der Waals surface area contributed by atoms with Crippen molar-refractivity contribution in [3.63, 3.8) is 0 Å². The van der Waals surface area contributed by atoms with Crippen molar-refractivity contribution >= 4 is 22.3 Å². The predicted molar refractivity (Wildman–Crippen MR) is 202 cm³/mol. The average Bonchev–Trinajstić information content (AvgIpc) is 3.16. The van der Waals surface area contributed by atoms with E-state index in [1.807, 2.05) is 0 Å². The van der Waals surface area contributed by atoms with Crippen LogP contribution in [0.25, 0.3) is 22.3 Å². The molecule has 240 valence electrons. The van der Waals surface area contributed by atoms with Gasteiger partial charge >= 0.3 is 0 Å². The van der Waals surface area contributed by atoms with Crippen LogP contribution >= 0.6 is 0 Å². The molecule has 6 aliphatic carbocycles. The fourth-order valence-corrected chi connectivity index (χ4v) is 9.89. The third-order valence-electron chi connectivity index (χ3n) is 12.2. The number of hydrogen-bond donors (Lipinski definition) is 1. The number of rotatable bonds is 5. The van der Waals surface area contributed by atoms with Gasteiger partial charge in [-0.25, -0.2) is 0 Å². The lowest BCUT2D eigenvalue weighted by Crippen LogP contribution is -2.43. The Morgan fingerprint density at radius 1 is 0.708 bits per heavy atom. The largest absolute Gasteiger partial charge is 0.309 e. The molecule has 9 rings (SSSR count). The summed E-state index contributed by atoms with van der Waals surface area (Å²) in [6, 6.07) is 19.0. The minimum absolute atomic E-state index is 0.357. The maximum Gasteiger partial charge on any atom is 0.0322 e. The molecule has 0 radical (unpaired) electrons. The van der Waals surface area contributed by atoms with E-state index in [1.54, 1.807) is 39.0 Å². The number of fused-ring (bicyclic) bond motifs is 3. The fraction of sp³-hybridized carbons (Fsp3) is 0.319. The highest BCUT2D eigenvalue weighted by molar-refractivity contribution is 5.95. The van der Waals surface area contributed by atoms with Gasteiger partial charge in [0.15, 0.2) is 0 Å². The Balaban J connectivity index is 1.12. The first-order valence-electron chi connectivity index (χ1n) is 18.7. The summed E-state index contributed by atoms with van der Waals surface area (Å²) in [5, 5.41) is 9.82. The maximum atomic E-state index is 3.99. The Morgan fingerprint density at radius 3 is 2.27 bits per heavy atom. The normalized spacial score (nSPS) is 28.9. The third-order valence-corrected chi connectivity index (χ3v) is 12.2. The van der Waals surface area contributed by atoms with E-state index < -0.39 is 0 Å². The molecule has 1 nitrogen and oxygen atoms in total. The zero-order chi connectivity index (χ0) is 32.0. The van der Waals surface area contributed by atoms with E-state index in [2.05, 4.69) is 134 Å². The van der Waals surface area contributed by atoms with Crippen molar-refractivity contribution in [1.29, 1.82) is 0 Å². The topological polar surface area (TPSA) is 12.0 Å². The Morgan fingerprint density at radius 2 is 1.48 bits per heavy atom. The number of nitrogens with one attached hydrogen (secondary N) is 1. The van der Waals surface area contributed by atoms with Crippen LogP contribution in [0, 0.1) is 23.7 Å². The van der Waals surface area contributed by atoms with Gasteiger partial charge in [-0.05, 0) is 111 Å². The van der Waals surface area contributed by atoms with Crippen LogP contribution in [0.4, 0.5) is 0 Å². The highest BCUT2D eigenvalue weighted by Gasteiger charge is 2.35. The van der Waals surface area contributed by atoms with Crippen molar-refractivity contribution in [2.24, 2.45) is 23.7 Å². The molecule has 0 saturated heterocycles. The predicted octanol–water partition coefficient (Wildman–Crippen LogP) is 7.58. The van der Waals surface area contributed by atoms with Crippen molar-refractivity contribution < 1.29 is 0 Å². The Labute approximate surface area is 285 Å². The van der Waals surface area contributed by atoms with Crippen LogP contribution in [0.3, 0.4) is 0 Å². The van der Waals surface area contributed by atoms with Gasteiger partial charge in [-0.3, -0.25) is 0 Å². The van der Waals surface area contributed by atoms with Crippen molar-refractivity contribution in [3.05, 3.63) is 165 Å². The van der Waals surface area contributed by atoms with Crippen molar-refractivity contribution in [1.82, 2.24) is 5.32 Å². The van der Waals surface area contributed by atoms with Gasteiger partial charge in [0.2, 0.25) is 0 Å². The van der Waals surface area contributed by atoms with Crippen LogP contribution in [-0.2, 0) is 0 Å². The van der Waals surface area contributed by atoms with Crippen LogP contribution in [0.1, 0.15) is 58.3 Å². The lowest BCUT2D eigenvalue weighted by atomic mass is 9.67. The summed E-state index contributed by atoms with van der Waals surface area (Å²) in [6.45, 7) is 3.33. The number of benzene rings is 2. The van der Waals surface area contributed by atoms with Crippen LogP contribution in [0.15, 0.2) is 144 Å². The minimum Gasteiger partial charge on any atom is -0.309 e. The zero-order valence-electron chi connectivity index (χ0n) is 28.3. The van der Waals surface area contributed by atoms with E-state index in [1.165, 1.54) is 39.3 Å². The second kappa shape index (κ2) is 12.7. The molecule has 5 atom stereocenters. The summed E-state index contributed by atoms with van der Waals surface area (Å²) in [4.78, 5) is 0. The van der Waals surface area contributed by atoms with Crippen LogP contribution in [-0.4, -0.2) is 12.6 Å². The van der Waals surface area contributed by atoms with E-state index in [-0.39, 0.29) is 0 Å². The molecule has 0 aromatic heterocycles. The smallest absolute Gasteiger partial charge is 0.0322 e. The first-order chi connectivity index (χ1) is 23.8. The molecule has 1 heterocycles. The lowest BCUT2D eigenvalue weighted by molar-refractivity contribution is 0.423. The molecule has 0 saturated carbocycles. The fourth-order valence-electron chi connectivity index (χ4n) is 9.89. The average molecular weight is 626 g/mol. The molecule has 1 heteroatoms. The Kier molecular flexibility index (Phi) is 7.90. The molecule has 1 N–H and O–H groups in total. The van der Waals surface area contributed by atoms with Crippen LogP contribution in [0.2, 0.25) is 0 Å². The van der Waals surface area contributed by atoms with Gasteiger partial charge in [-0.1, -0.05) is 134 Å². The maximum absolute atomic E-state index is 3.99. The van der Waals surface area contributed by atoms with Crippen molar-refractivity contribution in [2.75, 3.05) is 6.54 Å². The second-order valence-corrected chi connectivity index (χ2v) is 14.7. The van der Waals surface area contributed by atoms with Gasteiger partial charge in [-0.2, -0.15) is 0 Å². The molecular weight excluding hydrogens is 579 g/mol. The van der Waals surface area contributed by atoms with E-state index >= 15 is 0 Å². The van der Waals surface area contributed by atoms with E-state index in [0.717, 1.165) is 45.1 Å². The van der Waals surface area contributed by atoms with Gasteiger partial charge in [0.05, 0.1) is 0 Å². The summed E-state index contributed by atoms with van der Waals surface area (Å²) < 4.78 is 0. The molecule has 5 unspecified atom stereocenters. The first-order valence-corrected chi connectivity index (χ1v) is 18.7. The quantitative estimate of drug-likeness (QED) is 0.338. The molecule has 0 fully saturated rings. The molecule has 0 spiro atoms. The summed E-state index contributed by atoms with van der Waals surface area (Å²) in [5.74, 6) is 1.68. The lowest BCUT2D eigenvalue weighted by Gasteiger charge is -2.37. The van der Waals surface area contributed by atoms with Crippen molar-refractivity contribution in [3.8, 4) is 0 Å².